The molecule has 26 heavy (non-hydrogen) atoms. The molecule has 0 aromatic heterocycles. The highest BCUT2D eigenvalue weighted by Crippen LogP contribution is 2.26. The first-order valence-electron chi connectivity index (χ1n) is 9.87. The van der Waals surface area contributed by atoms with Gasteiger partial charge in [-0.25, -0.2) is 4.39 Å². The molecule has 3 rings (SSSR count). The van der Waals surface area contributed by atoms with Crippen LogP contribution in [0, 0.1) is 5.82 Å². The van der Waals surface area contributed by atoms with Gasteiger partial charge in [-0.2, -0.15) is 0 Å². The monoisotopic (exact) mass is 354 g/mol. The minimum absolute atomic E-state index is 0.148. The molecule has 1 aliphatic carbocycles. The van der Waals surface area contributed by atoms with Crippen LogP contribution in [0.25, 0.3) is 11.1 Å². The molecule has 0 radical (unpaired) electrons. The van der Waals surface area contributed by atoms with Crippen molar-refractivity contribution in [3.63, 3.8) is 0 Å². The standard InChI is InChI=1S/C23H31FN2/c1-26(2)17-19-8-7-9-20(14-19)22-15-18(12-13-23(22)24)16-25-21-10-5-3-4-6-11-21/h7-9,12-15,21,25H,3-6,10-11,16-17H2,1-2H3. The Morgan fingerprint density at radius 2 is 1.73 bits per heavy atom. The first-order valence-corrected chi connectivity index (χ1v) is 9.87. The molecule has 0 unspecified atom stereocenters. The van der Waals surface area contributed by atoms with Crippen molar-refractivity contribution in [3.05, 3.63) is 59.4 Å². The maximum absolute atomic E-state index is 14.5. The van der Waals surface area contributed by atoms with Crippen molar-refractivity contribution in [2.24, 2.45) is 0 Å². The number of benzene rings is 2. The SMILES string of the molecule is CN(C)Cc1cccc(-c2cc(CNC3CCCCCC3)ccc2F)c1. The van der Waals surface area contributed by atoms with Gasteiger partial charge in [0.2, 0.25) is 0 Å². The van der Waals surface area contributed by atoms with Gasteiger partial charge in [0.1, 0.15) is 5.82 Å². The van der Waals surface area contributed by atoms with Crippen molar-refractivity contribution < 1.29 is 4.39 Å². The van der Waals surface area contributed by atoms with Crippen molar-refractivity contribution in [1.82, 2.24) is 10.2 Å². The quantitative estimate of drug-likeness (QED) is 0.702. The lowest BCUT2D eigenvalue weighted by molar-refractivity contribution is 0.402. The predicted molar refractivity (Wildman–Crippen MR) is 108 cm³/mol. The maximum Gasteiger partial charge on any atom is 0.131 e. The van der Waals surface area contributed by atoms with Crippen LogP contribution in [0.3, 0.4) is 0 Å². The van der Waals surface area contributed by atoms with Gasteiger partial charge in [-0.1, -0.05) is 49.9 Å². The molecule has 0 bridgehead atoms. The van der Waals surface area contributed by atoms with Gasteiger partial charge in [0, 0.05) is 24.7 Å². The Kier molecular flexibility index (Phi) is 6.81. The molecule has 0 spiro atoms. The van der Waals surface area contributed by atoms with Gasteiger partial charge in [-0.3, -0.25) is 0 Å². The van der Waals surface area contributed by atoms with Crippen LogP contribution in [0.5, 0.6) is 0 Å². The summed E-state index contributed by atoms with van der Waals surface area (Å²) in [6, 6.07) is 14.3. The first-order chi connectivity index (χ1) is 12.6. The Morgan fingerprint density at radius 1 is 0.962 bits per heavy atom. The minimum atomic E-state index is -0.148. The van der Waals surface area contributed by atoms with E-state index in [0.717, 1.165) is 24.2 Å². The number of halogens is 1. The summed E-state index contributed by atoms with van der Waals surface area (Å²) >= 11 is 0. The average molecular weight is 355 g/mol. The lowest BCUT2D eigenvalue weighted by atomic mass is 10.00. The molecule has 0 amide bonds. The molecule has 0 aliphatic heterocycles. The number of nitrogens with zero attached hydrogens (tertiary/aromatic N) is 1. The molecule has 0 heterocycles. The van der Waals surface area contributed by atoms with E-state index >= 15 is 0 Å². The van der Waals surface area contributed by atoms with E-state index in [1.54, 1.807) is 6.07 Å². The molecule has 1 fully saturated rings. The molecule has 2 aromatic rings. The fraction of sp³-hybridized carbons (Fsp3) is 0.478. The van der Waals surface area contributed by atoms with E-state index in [1.807, 2.05) is 38.4 Å². The van der Waals surface area contributed by atoms with Crippen LogP contribution in [-0.4, -0.2) is 25.0 Å². The molecule has 1 saturated carbocycles. The second-order valence-electron chi connectivity index (χ2n) is 7.82. The minimum Gasteiger partial charge on any atom is -0.310 e. The van der Waals surface area contributed by atoms with Gasteiger partial charge < -0.3 is 10.2 Å². The van der Waals surface area contributed by atoms with E-state index in [-0.39, 0.29) is 5.82 Å². The highest BCUT2D eigenvalue weighted by molar-refractivity contribution is 5.65. The maximum atomic E-state index is 14.5. The first kappa shape index (κ1) is 19.1. The summed E-state index contributed by atoms with van der Waals surface area (Å²) in [4.78, 5) is 2.13. The Balaban J connectivity index is 1.73. The van der Waals surface area contributed by atoms with Gasteiger partial charge in [0.05, 0.1) is 0 Å². The predicted octanol–water partition coefficient (Wildman–Crippen LogP) is 5.37. The summed E-state index contributed by atoms with van der Waals surface area (Å²) in [5, 5.41) is 3.68. The Morgan fingerprint density at radius 3 is 2.46 bits per heavy atom. The third kappa shape index (κ3) is 5.39. The second kappa shape index (κ2) is 9.29. The zero-order valence-corrected chi connectivity index (χ0v) is 16.1. The van der Waals surface area contributed by atoms with E-state index in [9.17, 15) is 4.39 Å². The lowest BCUT2D eigenvalue weighted by Crippen LogP contribution is -2.27. The molecule has 2 nitrogen and oxygen atoms in total. The zero-order chi connectivity index (χ0) is 18.4. The number of nitrogens with one attached hydrogen (secondary N) is 1. The van der Waals surface area contributed by atoms with Crippen LogP contribution >= 0.6 is 0 Å². The van der Waals surface area contributed by atoms with Gasteiger partial charge in [0.15, 0.2) is 0 Å². The Bertz CT molecular complexity index is 703. The van der Waals surface area contributed by atoms with Gasteiger partial charge >= 0.3 is 0 Å². The van der Waals surface area contributed by atoms with Crippen LogP contribution in [0.15, 0.2) is 42.5 Å². The third-order valence-corrected chi connectivity index (χ3v) is 5.22. The van der Waals surface area contributed by atoms with Gasteiger partial charge in [-0.05, 0) is 61.8 Å². The molecule has 3 heteroatoms. The van der Waals surface area contributed by atoms with E-state index in [4.69, 9.17) is 0 Å². The highest BCUT2D eigenvalue weighted by Gasteiger charge is 2.12. The smallest absolute Gasteiger partial charge is 0.131 e. The van der Waals surface area contributed by atoms with Crippen molar-refractivity contribution in [2.75, 3.05) is 14.1 Å². The third-order valence-electron chi connectivity index (χ3n) is 5.22. The number of rotatable bonds is 6. The summed E-state index contributed by atoms with van der Waals surface area (Å²) < 4.78 is 14.5. The van der Waals surface area contributed by atoms with Crippen LogP contribution in [0.2, 0.25) is 0 Å². The largest absolute Gasteiger partial charge is 0.310 e. The summed E-state index contributed by atoms with van der Waals surface area (Å²) in [7, 11) is 4.10. The Labute approximate surface area is 157 Å². The molecular formula is C23H31FN2. The molecule has 1 aliphatic rings. The van der Waals surface area contributed by atoms with Crippen LogP contribution in [-0.2, 0) is 13.1 Å². The summed E-state index contributed by atoms with van der Waals surface area (Å²) in [6.45, 7) is 1.67. The summed E-state index contributed by atoms with van der Waals surface area (Å²) in [5.74, 6) is -0.148. The molecule has 1 N–H and O–H groups in total. The van der Waals surface area contributed by atoms with E-state index in [1.165, 1.54) is 44.1 Å². The van der Waals surface area contributed by atoms with Crippen LogP contribution in [0.1, 0.15) is 49.7 Å². The zero-order valence-electron chi connectivity index (χ0n) is 16.1. The fourth-order valence-electron chi connectivity index (χ4n) is 3.85. The highest BCUT2D eigenvalue weighted by atomic mass is 19.1. The summed E-state index contributed by atoms with van der Waals surface area (Å²) in [5.41, 5.74) is 4.02. The normalized spacial score (nSPS) is 16.0. The molecule has 0 atom stereocenters. The van der Waals surface area contributed by atoms with E-state index < -0.39 is 0 Å². The summed E-state index contributed by atoms with van der Waals surface area (Å²) in [6.07, 6.45) is 7.90. The molecular weight excluding hydrogens is 323 g/mol. The Hall–Kier alpha value is -1.71. The van der Waals surface area contributed by atoms with Gasteiger partial charge in [-0.15, -0.1) is 0 Å². The fourth-order valence-corrected chi connectivity index (χ4v) is 3.85. The average Bonchev–Trinajstić information content (AvgIpc) is 2.89. The molecule has 2 aromatic carbocycles. The van der Waals surface area contributed by atoms with Crippen molar-refractivity contribution >= 4 is 0 Å². The topological polar surface area (TPSA) is 15.3 Å². The van der Waals surface area contributed by atoms with Gasteiger partial charge in [0.25, 0.3) is 0 Å². The molecule has 140 valence electrons. The van der Waals surface area contributed by atoms with Crippen LogP contribution in [0.4, 0.5) is 4.39 Å². The van der Waals surface area contributed by atoms with Crippen molar-refractivity contribution in [1.29, 1.82) is 0 Å². The molecule has 0 saturated heterocycles. The van der Waals surface area contributed by atoms with Crippen LogP contribution < -0.4 is 5.32 Å². The van der Waals surface area contributed by atoms with E-state index in [2.05, 4.69) is 22.3 Å². The van der Waals surface area contributed by atoms with Crippen molar-refractivity contribution in [2.45, 2.75) is 57.7 Å². The van der Waals surface area contributed by atoms with E-state index in [0.29, 0.717) is 11.6 Å². The van der Waals surface area contributed by atoms with Crippen molar-refractivity contribution in [3.8, 4) is 11.1 Å². The lowest BCUT2D eigenvalue weighted by Gasteiger charge is -2.17. The second-order valence-corrected chi connectivity index (χ2v) is 7.82. The number of hydrogen-bond acceptors (Lipinski definition) is 2. The number of hydrogen-bond donors (Lipinski definition) is 1.